The first-order chi connectivity index (χ1) is 6.70. The Hall–Kier alpha value is -0.280. The number of likely N-dealkylation sites (tertiary alicyclic amines) is 1. The monoisotopic (exact) mass is 219 g/mol. The van der Waals surface area contributed by atoms with Crippen molar-refractivity contribution in [3.05, 3.63) is 0 Å². The maximum atomic E-state index is 11.8. The molecule has 1 amide bonds. The number of hydrogen-bond acceptors (Lipinski definition) is 2. The van der Waals surface area contributed by atoms with Gasteiger partial charge in [0.05, 0.1) is 12.6 Å². The van der Waals surface area contributed by atoms with E-state index < -0.39 is 5.38 Å². The van der Waals surface area contributed by atoms with Crippen molar-refractivity contribution in [3.8, 4) is 0 Å². The highest BCUT2D eigenvalue weighted by Gasteiger charge is 2.29. The Morgan fingerprint density at radius 3 is 2.93 bits per heavy atom. The molecule has 1 aliphatic rings. The first kappa shape index (κ1) is 11.8. The predicted molar refractivity (Wildman–Crippen MR) is 56.4 cm³/mol. The van der Waals surface area contributed by atoms with Crippen molar-refractivity contribution >= 4 is 17.5 Å². The van der Waals surface area contributed by atoms with E-state index in [1.54, 1.807) is 4.90 Å². The van der Waals surface area contributed by atoms with Crippen LogP contribution in [0.25, 0.3) is 0 Å². The second-order valence-corrected chi connectivity index (χ2v) is 4.27. The molecule has 2 atom stereocenters. The molecule has 0 spiro atoms. The number of carbonyl (C=O) groups excluding carboxylic acids is 1. The Balaban J connectivity index is 2.58. The van der Waals surface area contributed by atoms with E-state index in [-0.39, 0.29) is 18.6 Å². The van der Waals surface area contributed by atoms with Crippen LogP contribution < -0.4 is 0 Å². The molecule has 0 radical (unpaired) electrons. The second-order valence-electron chi connectivity index (χ2n) is 3.74. The van der Waals surface area contributed by atoms with Gasteiger partial charge in [0, 0.05) is 6.54 Å². The first-order valence-corrected chi connectivity index (χ1v) is 5.69. The summed E-state index contributed by atoms with van der Waals surface area (Å²) in [5.41, 5.74) is 0. The lowest BCUT2D eigenvalue weighted by atomic mass is 10.0. The average Bonchev–Trinajstić information content (AvgIpc) is 2.26. The normalized spacial score (nSPS) is 24.8. The summed E-state index contributed by atoms with van der Waals surface area (Å²) in [7, 11) is 0. The molecule has 0 saturated carbocycles. The van der Waals surface area contributed by atoms with Gasteiger partial charge in [-0.2, -0.15) is 0 Å². The minimum atomic E-state index is -0.429. The molecule has 0 aromatic rings. The molecule has 0 bridgehead atoms. The van der Waals surface area contributed by atoms with Gasteiger partial charge >= 0.3 is 0 Å². The number of amides is 1. The van der Waals surface area contributed by atoms with Gasteiger partial charge in [0.25, 0.3) is 0 Å². The Kier molecular flexibility index (Phi) is 4.69. The minimum Gasteiger partial charge on any atom is -0.394 e. The lowest BCUT2D eigenvalue weighted by molar-refractivity contribution is -0.135. The second kappa shape index (κ2) is 5.56. The average molecular weight is 220 g/mol. The van der Waals surface area contributed by atoms with Gasteiger partial charge in [-0.1, -0.05) is 6.92 Å². The van der Waals surface area contributed by atoms with Crippen LogP contribution in [0.3, 0.4) is 0 Å². The molecule has 1 heterocycles. The molecule has 0 aromatic carbocycles. The third kappa shape index (κ3) is 2.61. The lowest BCUT2D eigenvalue weighted by Gasteiger charge is -2.35. The Labute approximate surface area is 90.0 Å². The number of piperidine rings is 1. The molecular formula is C10H18ClNO2. The molecule has 1 fully saturated rings. The molecule has 0 aromatic heterocycles. The SMILES string of the molecule is CC[C@@H](Cl)C(=O)N1CCCC[C@@H]1CO. The number of hydrogen-bond donors (Lipinski definition) is 1. The molecule has 1 rings (SSSR count). The van der Waals surface area contributed by atoms with Crippen molar-refractivity contribution in [2.24, 2.45) is 0 Å². The molecule has 0 aliphatic carbocycles. The number of nitrogens with zero attached hydrogens (tertiary/aromatic N) is 1. The molecule has 14 heavy (non-hydrogen) atoms. The van der Waals surface area contributed by atoms with Gasteiger partial charge in [-0.15, -0.1) is 11.6 Å². The number of rotatable bonds is 3. The van der Waals surface area contributed by atoms with Crippen molar-refractivity contribution in [1.82, 2.24) is 4.90 Å². The van der Waals surface area contributed by atoms with Gasteiger partial charge in [-0.05, 0) is 25.7 Å². The Morgan fingerprint density at radius 2 is 2.36 bits per heavy atom. The lowest BCUT2D eigenvalue weighted by Crippen LogP contribution is -2.48. The number of carbonyl (C=O) groups is 1. The molecule has 0 unspecified atom stereocenters. The maximum absolute atomic E-state index is 11.8. The van der Waals surface area contributed by atoms with Gasteiger partial charge in [0.2, 0.25) is 5.91 Å². The molecule has 82 valence electrons. The highest BCUT2D eigenvalue weighted by molar-refractivity contribution is 6.30. The summed E-state index contributed by atoms with van der Waals surface area (Å²) in [5, 5.41) is 8.70. The molecule has 1 aliphatic heterocycles. The fourth-order valence-corrected chi connectivity index (χ4v) is 1.96. The van der Waals surface area contributed by atoms with Crippen LogP contribution in [-0.2, 0) is 4.79 Å². The van der Waals surface area contributed by atoms with Crippen LogP contribution in [0.2, 0.25) is 0 Å². The number of alkyl halides is 1. The summed E-state index contributed by atoms with van der Waals surface area (Å²) in [6.45, 7) is 2.69. The third-order valence-electron chi connectivity index (χ3n) is 2.75. The first-order valence-electron chi connectivity index (χ1n) is 5.26. The minimum absolute atomic E-state index is 0.0101. The van der Waals surface area contributed by atoms with Gasteiger partial charge in [0.15, 0.2) is 0 Å². The maximum Gasteiger partial charge on any atom is 0.240 e. The van der Waals surface area contributed by atoms with Crippen LogP contribution >= 0.6 is 11.6 Å². The van der Waals surface area contributed by atoms with Crippen molar-refractivity contribution in [3.63, 3.8) is 0 Å². The van der Waals surface area contributed by atoms with E-state index >= 15 is 0 Å². The van der Waals surface area contributed by atoms with Crippen LogP contribution in [0.15, 0.2) is 0 Å². The van der Waals surface area contributed by atoms with E-state index in [0.29, 0.717) is 6.42 Å². The topological polar surface area (TPSA) is 40.5 Å². The van der Waals surface area contributed by atoms with Crippen molar-refractivity contribution in [2.75, 3.05) is 13.2 Å². The fourth-order valence-electron chi connectivity index (χ4n) is 1.84. The smallest absolute Gasteiger partial charge is 0.240 e. The van der Waals surface area contributed by atoms with E-state index in [1.807, 2.05) is 6.92 Å². The zero-order valence-corrected chi connectivity index (χ0v) is 9.33. The summed E-state index contributed by atoms with van der Waals surface area (Å²) < 4.78 is 0. The van der Waals surface area contributed by atoms with E-state index in [9.17, 15) is 4.79 Å². The zero-order valence-electron chi connectivity index (χ0n) is 8.58. The van der Waals surface area contributed by atoms with Crippen LogP contribution in [0, 0.1) is 0 Å². The molecule has 1 N–H and O–H groups in total. The van der Waals surface area contributed by atoms with Gasteiger partial charge in [-0.25, -0.2) is 0 Å². The molecule has 4 heteroatoms. The van der Waals surface area contributed by atoms with E-state index in [4.69, 9.17) is 16.7 Å². The standard InChI is InChI=1S/C10H18ClNO2/c1-2-9(11)10(14)12-6-4-3-5-8(12)7-13/h8-9,13H,2-7H2,1H3/t8-,9-/m1/s1. The molecule has 3 nitrogen and oxygen atoms in total. The summed E-state index contributed by atoms with van der Waals surface area (Å²) in [4.78, 5) is 13.5. The highest BCUT2D eigenvalue weighted by Crippen LogP contribution is 2.19. The summed E-state index contributed by atoms with van der Waals surface area (Å²) >= 11 is 5.90. The predicted octanol–water partition coefficient (Wildman–Crippen LogP) is 1.38. The highest BCUT2D eigenvalue weighted by atomic mass is 35.5. The van der Waals surface area contributed by atoms with E-state index in [2.05, 4.69) is 0 Å². The fraction of sp³-hybridized carbons (Fsp3) is 0.900. The quantitative estimate of drug-likeness (QED) is 0.729. The largest absolute Gasteiger partial charge is 0.394 e. The van der Waals surface area contributed by atoms with Crippen LogP contribution in [-0.4, -0.2) is 40.5 Å². The van der Waals surface area contributed by atoms with Gasteiger partial charge in [-0.3, -0.25) is 4.79 Å². The number of aliphatic hydroxyl groups is 1. The van der Waals surface area contributed by atoms with Crippen LogP contribution in [0.1, 0.15) is 32.6 Å². The van der Waals surface area contributed by atoms with Crippen LogP contribution in [0.5, 0.6) is 0 Å². The van der Waals surface area contributed by atoms with Crippen molar-refractivity contribution < 1.29 is 9.90 Å². The van der Waals surface area contributed by atoms with Gasteiger partial charge < -0.3 is 10.0 Å². The number of halogens is 1. The van der Waals surface area contributed by atoms with Gasteiger partial charge in [0.1, 0.15) is 5.38 Å². The van der Waals surface area contributed by atoms with Crippen molar-refractivity contribution in [2.45, 2.75) is 44.0 Å². The molecular weight excluding hydrogens is 202 g/mol. The summed E-state index contributed by atoms with van der Waals surface area (Å²) in [5.74, 6) is -0.0204. The van der Waals surface area contributed by atoms with Crippen molar-refractivity contribution in [1.29, 1.82) is 0 Å². The summed E-state index contributed by atoms with van der Waals surface area (Å²) in [6.07, 6.45) is 3.66. The van der Waals surface area contributed by atoms with E-state index in [1.165, 1.54) is 0 Å². The molecule has 1 saturated heterocycles. The van der Waals surface area contributed by atoms with Crippen LogP contribution in [0.4, 0.5) is 0 Å². The Morgan fingerprint density at radius 1 is 1.64 bits per heavy atom. The van der Waals surface area contributed by atoms with E-state index in [0.717, 1.165) is 25.8 Å². The zero-order chi connectivity index (χ0) is 10.6. The summed E-state index contributed by atoms with van der Waals surface area (Å²) in [6, 6.07) is -0.0101. The number of aliphatic hydroxyl groups excluding tert-OH is 1. The third-order valence-corrected chi connectivity index (χ3v) is 3.24. The Bertz CT molecular complexity index is 199.